The van der Waals surface area contributed by atoms with Gasteiger partial charge in [0.15, 0.2) is 0 Å². The fraction of sp³-hybridized carbons (Fsp3) is 0.444. The second-order valence-electron chi connectivity index (χ2n) is 10.1. The van der Waals surface area contributed by atoms with Crippen LogP contribution in [0.15, 0.2) is 42.5 Å². The Morgan fingerprint density at radius 1 is 1.15 bits per heavy atom. The smallest absolute Gasteiger partial charge is 0.407 e. The van der Waals surface area contributed by atoms with Crippen molar-refractivity contribution in [2.45, 2.75) is 38.8 Å². The topological polar surface area (TPSA) is 50.8 Å². The summed E-state index contributed by atoms with van der Waals surface area (Å²) in [7, 11) is 0. The molecule has 4 aliphatic rings. The van der Waals surface area contributed by atoms with Crippen molar-refractivity contribution in [2.24, 2.45) is 11.3 Å². The molecule has 3 fully saturated rings. The molecule has 0 radical (unpaired) electrons. The predicted octanol–water partition coefficient (Wildman–Crippen LogP) is 5.28. The molecule has 0 aliphatic carbocycles. The van der Waals surface area contributed by atoms with Gasteiger partial charge in [0.1, 0.15) is 17.7 Å². The number of nitrogens with one attached hydrogen (secondary N) is 1. The van der Waals surface area contributed by atoms with Gasteiger partial charge in [-0.3, -0.25) is 4.90 Å². The maximum Gasteiger partial charge on any atom is 0.407 e. The molecular formula is C27H31FN2O3. The summed E-state index contributed by atoms with van der Waals surface area (Å²) in [5, 5.41) is 3.14. The lowest BCUT2D eigenvalue weighted by Crippen LogP contribution is -2.53. The summed E-state index contributed by atoms with van der Waals surface area (Å²) in [4.78, 5) is 15.3. The normalized spacial score (nSPS) is 27.6. The standard InChI is InChI=1S/C27H31FN2O3/c1-27(2)17-32-23-15-19(7-6-18-4-3-5-21(28)14-18)8-9-22(23)25(27)29-26(31)33-24-16-30-12-10-20(24)11-13-30/h3-9,14-15,20,24-25H,10-13,16-17H2,1-2H3,(H,29,31)/b7-6+/t24-,25?/m1/s1. The van der Waals surface area contributed by atoms with E-state index in [0.717, 1.165) is 54.9 Å². The number of rotatable bonds is 4. The Bertz CT molecular complexity index is 1060. The van der Waals surface area contributed by atoms with Crippen LogP contribution < -0.4 is 10.1 Å². The third-order valence-electron chi connectivity index (χ3n) is 7.16. The highest BCUT2D eigenvalue weighted by molar-refractivity contribution is 5.72. The Morgan fingerprint density at radius 3 is 2.61 bits per heavy atom. The highest BCUT2D eigenvalue weighted by Crippen LogP contribution is 2.43. The number of carbonyl (C=O) groups is 1. The zero-order chi connectivity index (χ0) is 23.0. The molecule has 33 heavy (non-hydrogen) atoms. The highest BCUT2D eigenvalue weighted by atomic mass is 19.1. The molecule has 0 aromatic heterocycles. The minimum atomic E-state index is -0.352. The van der Waals surface area contributed by atoms with Crippen molar-refractivity contribution in [1.82, 2.24) is 10.2 Å². The molecule has 174 valence electrons. The number of ether oxygens (including phenoxy) is 2. The minimum Gasteiger partial charge on any atom is -0.493 e. The van der Waals surface area contributed by atoms with Crippen LogP contribution in [-0.4, -0.2) is 43.3 Å². The summed E-state index contributed by atoms with van der Waals surface area (Å²) >= 11 is 0. The van der Waals surface area contributed by atoms with Crippen molar-refractivity contribution in [2.75, 3.05) is 26.2 Å². The molecule has 4 heterocycles. The molecule has 3 saturated heterocycles. The van der Waals surface area contributed by atoms with Crippen LogP contribution in [0.4, 0.5) is 9.18 Å². The SMILES string of the molecule is CC1(C)COc2cc(/C=C/c3cccc(F)c3)ccc2C1NC(=O)O[C@@H]1CN2CCC1CC2. The van der Waals surface area contributed by atoms with E-state index in [-0.39, 0.29) is 29.5 Å². The van der Waals surface area contributed by atoms with E-state index in [4.69, 9.17) is 9.47 Å². The molecule has 2 aromatic carbocycles. The summed E-state index contributed by atoms with van der Waals surface area (Å²) in [6.07, 6.45) is 5.64. The Kier molecular flexibility index (Phi) is 5.87. The van der Waals surface area contributed by atoms with Crippen molar-refractivity contribution in [3.05, 3.63) is 65.0 Å². The molecular weight excluding hydrogens is 419 g/mol. The number of hydrogen-bond donors (Lipinski definition) is 1. The first-order valence-corrected chi connectivity index (χ1v) is 11.8. The Labute approximate surface area is 194 Å². The number of halogens is 1. The Balaban J connectivity index is 1.30. The molecule has 0 saturated carbocycles. The van der Waals surface area contributed by atoms with E-state index in [2.05, 4.69) is 24.1 Å². The Morgan fingerprint density at radius 2 is 1.91 bits per heavy atom. The van der Waals surface area contributed by atoms with E-state index >= 15 is 0 Å². The second-order valence-corrected chi connectivity index (χ2v) is 10.1. The average molecular weight is 451 g/mol. The van der Waals surface area contributed by atoms with Crippen molar-refractivity contribution < 1.29 is 18.7 Å². The van der Waals surface area contributed by atoms with E-state index in [1.807, 2.05) is 36.4 Å². The molecule has 5 nitrogen and oxygen atoms in total. The summed E-state index contributed by atoms with van der Waals surface area (Å²) in [6.45, 7) is 7.74. The molecule has 0 spiro atoms. The number of piperidine rings is 3. The molecule has 1 unspecified atom stereocenters. The lowest BCUT2D eigenvalue weighted by molar-refractivity contribution is -0.0361. The predicted molar refractivity (Wildman–Crippen MR) is 126 cm³/mol. The molecule has 6 heteroatoms. The maximum absolute atomic E-state index is 13.4. The van der Waals surface area contributed by atoms with E-state index < -0.39 is 0 Å². The summed E-state index contributed by atoms with van der Waals surface area (Å²) < 4.78 is 25.4. The van der Waals surface area contributed by atoms with Crippen LogP contribution in [0, 0.1) is 17.2 Å². The first-order chi connectivity index (χ1) is 15.9. The van der Waals surface area contributed by atoms with Crippen molar-refractivity contribution in [1.29, 1.82) is 0 Å². The molecule has 2 bridgehead atoms. The quantitative estimate of drug-likeness (QED) is 0.645. The average Bonchev–Trinajstić information content (AvgIpc) is 2.80. The number of amides is 1. The van der Waals surface area contributed by atoms with Crippen LogP contribution in [0.5, 0.6) is 5.75 Å². The van der Waals surface area contributed by atoms with Gasteiger partial charge in [0.25, 0.3) is 0 Å². The van der Waals surface area contributed by atoms with Gasteiger partial charge in [0, 0.05) is 17.5 Å². The van der Waals surface area contributed by atoms with Crippen molar-refractivity contribution >= 4 is 18.2 Å². The number of hydrogen-bond acceptors (Lipinski definition) is 4. The van der Waals surface area contributed by atoms with E-state index in [9.17, 15) is 9.18 Å². The molecule has 2 atom stereocenters. The van der Waals surface area contributed by atoms with Gasteiger partial charge in [-0.15, -0.1) is 0 Å². The number of benzene rings is 2. The second kappa shape index (κ2) is 8.82. The van der Waals surface area contributed by atoms with Crippen LogP contribution in [0.25, 0.3) is 12.2 Å². The maximum atomic E-state index is 13.4. The fourth-order valence-electron chi connectivity index (χ4n) is 5.20. The van der Waals surface area contributed by atoms with Crippen LogP contribution in [-0.2, 0) is 4.74 Å². The van der Waals surface area contributed by atoms with E-state index in [0.29, 0.717) is 12.5 Å². The lowest BCUT2D eigenvalue weighted by Gasteiger charge is -2.44. The number of nitrogens with zero attached hydrogens (tertiary/aromatic N) is 1. The van der Waals surface area contributed by atoms with Gasteiger partial charge < -0.3 is 14.8 Å². The fourth-order valence-corrected chi connectivity index (χ4v) is 5.20. The third kappa shape index (κ3) is 4.76. The highest BCUT2D eigenvalue weighted by Gasteiger charge is 2.41. The molecule has 2 aromatic rings. The van der Waals surface area contributed by atoms with Gasteiger partial charge in [0.05, 0.1) is 12.6 Å². The largest absolute Gasteiger partial charge is 0.493 e. The first kappa shape index (κ1) is 22.0. The summed E-state index contributed by atoms with van der Waals surface area (Å²) in [5.74, 6) is 0.972. The van der Waals surface area contributed by atoms with Crippen molar-refractivity contribution in [3.63, 3.8) is 0 Å². The first-order valence-electron chi connectivity index (χ1n) is 11.8. The van der Waals surface area contributed by atoms with Gasteiger partial charge in [-0.25, -0.2) is 9.18 Å². The zero-order valence-electron chi connectivity index (χ0n) is 19.2. The van der Waals surface area contributed by atoms with E-state index in [1.54, 1.807) is 6.07 Å². The monoisotopic (exact) mass is 450 g/mol. The molecule has 6 rings (SSSR count). The lowest BCUT2D eigenvalue weighted by atomic mass is 9.79. The Hall–Kier alpha value is -2.86. The molecule has 1 amide bonds. The number of alkyl carbamates (subject to hydrolysis) is 1. The number of carbonyl (C=O) groups excluding carboxylic acids is 1. The summed E-state index contributed by atoms with van der Waals surface area (Å²) in [5.41, 5.74) is 2.41. The summed E-state index contributed by atoms with van der Waals surface area (Å²) in [6, 6.07) is 12.2. The van der Waals surface area contributed by atoms with Crippen LogP contribution in [0.2, 0.25) is 0 Å². The van der Waals surface area contributed by atoms with Crippen LogP contribution >= 0.6 is 0 Å². The van der Waals surface area contributed by atoms with Crippen LogP contribution in [0.1, 0.15) is 49.4 Å². The van der Waals surface area contributed by atoms with E-state index in [1.165, 1.54) is 12.1 Å². The third-order valence-corrected chi connectivity index (χ3v) is 7.16. The van der Waals surface area contributed by atoms with Gasteiger partial charge in [-0.1, -0.05) is 50.3 Å². The van der Waals surface area contributed by atoms with Gasteiger partial charge in [-0.05, 0) is 61.2 Å². The van der Waals surface area contributed by atoms with Crippen LogP contribution in [0.3, 0.4) is 0 Å². The van der Waals surface area contributed by atoms with Crippen molar-refractivity contribution in [3.8, 4) is 5.75 Å². The molecule has 4 aliphatic heterocycles. The number of fused-ring (bicyclic) bond motifs is 4. The van der Waals surface area contributed by atoms with Gasteiger partial charge >= 0.3 is 6.09 Å². The van der Waals surface area contributed by atoms with Gasteiger partial charge in [-0.2, -0.15) is 0 Å². The minimum absolute atomic E-state index is 0.0229. The van der Waals surface area contributed by atoms with Gasteiger partial charge in [0.2, 0.25) is 0 Å². The molecule has 1 N–H and O–H groups in total. The zero-order valence-corrected chi connectivity index (χ0v) is 19.2.